The Kier molecular flexibility index (Phi) is 3.73. The Hall–Kier alpha value is -2.56. The van der Waals surface area contributed by atoms with E-state index in [2.05, 4.69) is 32.6 Å². The monoisotopic (exact) mass is 282 g/mol. The quantitative estimate of drug-likeness (QED) is 0.672. The number of carbonyl (C=O) groups is 1. The average Bonchev–Trinajstić information content (AvgIpc) is 3.07. The van der Waals surface area contributed by atoms with Crippen molar-refractivity contribution in [1.29, 1.82) is 0 Å². The number of anilines is 1. The standard InChI is InChI=1S/C16H18N4O/c1-11-15(10-18-20-11)19-16(21)8-4-5-12-9-17-14-7-3-2-6-13(12)14/h2-3,6-7,9-10,17H,4-5,8H2,1H3,(H,18,20)(H,19,21). The van der Waals surface area contributed by atoms with Crippen molar-refractivity contribution in [2.24, 2.45) is 0 Å². The van der Waals surface area contributed by atoms with Crippen LogP contribution in [0.4, 0.5) is 5.69 Å². The Labute approximate surface area is 122 Å². The maximum atomic E-state index is 11.9. The number of fused-ring (bicyclic) bond motifs is 1. The Balaban J connectivity index is 1.54. The zero-order chi connectivity index (χ0) is 14.7. The highest BCUT2D eigenvalue weighted by Gasteiger charge is 2.07. The fourth-order valence-corrected chi connectivity index (χ4v) is 2.47. The molecule has 2 heterocycles. The first kappa shape index (κ1) is 13.4. The number of aromatic nitrogens is 3. The number of rotatable bonds is 5. The van der Waals surface area contributed by atoms with Crippen molar-refractivity contribution in [3.05, 3.63) is 47.9 Å². The van der Waals surface area contributed by atoms with Crippen LogP contribution in [0.1, 0.15) is 24.1 Å². The van der Waals surface area contributed by atoms with E-state index in [1.165, 1.54) is 10.9 Å². The molecule has 5 heteroatoms. The first-order chi connectivity index (χ1) is 10.2. The molecular weight excluding hydrogens is 264 g/mol. The Morgan fingerprint density at radius 3 is 3.00 bits per heavy atom. The molecule has 3 rings (SSSR count). The Bertz CT molecular complexity index is 756. The van der Waals surface area contributed by atoms with E-state index in [0.717, 1.165) is 29.7 Å². The largest absolute Gasteiger partial charge is 0.361 e. The van der Waals surface area contributed by atoms with Gasteiger partial charge in [-0.05, 0) is 31.4 Å². The number of benzene rings is 1. The van der Waals surface area contributed by atoms with Crippen LogP contribution < -0.4 is 5.32 Å². The predicted octanol–water partition coefficient (Wildman–Crippen LogP) is 3.16. The molecule has 0 radical (unpaired) electrons. The summed E-state index contributed by atoms with van der Waals surface area (Å²) in [5.41, 5.74) is 4.04. The molecule has 1 amide bonds. The molecule has 1 aromatic carbocycles. The third kappa shape index (κ3) is 2.97. The number of H-pyrrole nitrogens is 2. The first-order valence-corrected chi connectivity index (χ1v) is 7.09. The summed E-state index contributed by atoms with van der Waals surface area (Å²) < 4.78 is 0. The second kappa shape index (κ2) is 5.83. The molecule has 2 aromatic heterocycles. The van der Waals surface area contributed by atoms with E-state index in [9.17, 15) is 4.79 Å². The number of carbonyl (C=O) groups excluding carboxylic acids is 1. The van der Waals surface area contributed by atoms with E-state index in [4.69, 9.17) is 0 Å². The van der Waals surface area contributed by atoms with Gasteiger partial charge in [0.1, 0.15) is 0 Å². The third-order valence-corrected chi connectivity index (χ3v) is 3.63. The summed E-state index contributed by atoms with van der Waals surface area (Å²) in [7, 11) is 0. The minimum absolute atomic E-state index is 0.0272. The van der Waals surface area contributed by atoms with Gasteiger partial charge in [0.15, 0.2) is 0 Å². The summed E-state index contributed by atoms with van der Waals surface area (Å²) >= 11 is 0. The molecule has 0 spiro atoms. The van der Waals surface area contributed by atoms with Gasteiger partial charge < -0.3 is 10.3 Å². The summed E-state index contributed by atoms with van der Waals surface area (Å²) in [4.78, 5) is 15.2. The number of nitrogens with zero attached hydrogens (tertiary/aromatic N) is 1. The van der Waals surface area contributed by atoms with Crippen molar-refractivity contribution in [3.63, 3.8) is 0 Å². The van der Waals surface area contributed by atoms with Crippen molar-refractivity contribution >= 4 is 22.5 Å². The summed E-state index contributed by atoms with van der Waals surface area (Å²) in [6, 6.07) is 8.22. The molecule has 0 fully saturated rings. The van der Waals surface area contributed by atoms with Crippen molar-refractivity contribution in [3.8, 4) is 0 Å². The molecule has 0 saturated heterocycles. The fourth-order valence-electron chi connectivity index (χ4n) is 2.47. The Morgan fingerprint density at radius 2 is 2.19 bits per heavy atom. The lowest BCUT2D eigenvalue weighted by atomic mass is 10.1. The predicted molar refractivity (Wildman–Crippen MR) is 83.2 cm³/mol. The highest BCUT2D eigenvalue weighted by atomic mass is 16.1. The van der Waals surface area contributed by atoms with E-state index >= 15 is 0 Å². The van der Waals surface area contributed by atoms with Gasteiger partial charge in [-0.15, -0.1) is 0 Å². The minimum atomic E-state index is 0.0272. The number of aryl methyl sites for hydroxylation is 2. The third-order valence-electron chi connectivity index (χ3n) is 3.63. The number of para-hydroxylation sites is 1. The van der Waals surface area contributed by atoms with Gasteiger partial charge in [-0.25, -0.2) is 0 Å². The van der Waals surface area contributed by atoms with Crippen LogP contribution in [-0.2, 0) is 11.2 Å². The van der Waals surface area contributed by atoms with Gasteiger partial charge in [-0.1, -0.05) is 18.2 Å². The average molecular weight is 282 g/mol. The van der Waals surface area contributed by atoms with E-state index in [0.29, 0.717) is 6.42 Å². The molecular formula is C16H18N4O. The van der Waals surface area contributed by atoms with E-state index in [1.807, 2.05) is 25.3 Å². The van der Waals surface area contributed by atoms with Gasteiger partial charge >= 0.3 is 0 Å². The maximum absolute atomic E-state index is 11.9. The zero-order valence-corrected chi connectivity index (χ0v) is 11.9. The lowest BCUT2D eigenvalue weighted by Gasteiger charge is -2.03. The number of nitrogens with one attached hydrogen (secondary N) is 3. The van der Waals surface area contributed by atoms with Gasteiger partial charge in [-0.2, -0.15) is 5.10 Å². The molecule has 3 N–H and O–H groups in total. The molecule has 0 saturated carbocycles. The highest BCUT2D eigenvalue weighted by molar-refractivity contribution is 5.91. The molecule has 21 heavy (non-hydrogen) atoms. The van der Waals surface area contributed by atoms with Gasteiger partial charge in [-0.3, -0.25) is 9.89 Å². The molecule has 0 atom stereocenters. The van der Waals surface area contributed by atoms with Crippen LogP contribution in [0.2, 0.25) is 0 Å². The van der Waals surface area contributed by atoms with Crippen molar-refractivity contribution in [2.45, 2.75) is 26.2 Å². The highest BCUT2D eigenvalue weighted by Crippen LogP contribution is 2.19. The number of aromatic amines is 2. The van der Waals surface area contributed by atoms with Crippen LogP contribution >= 0.6 is 0 Å². The molecule has 0 unspecified atom stereocenters. The van der Waals surface area contributed by atoms with Gasteiger partial charge in [0.25, 0.3) is 0 Å². The van der Waals surface area contributed by atoms with Crippen molar-refractivity contribution in [1.82, 2.24) is 15.2 Å². The van der Waals surface area contributed by atoms with Crippen LogP contribution in [0.15, 0.2) is 36.7 Å². The van der Waals surface area contributed by atoms with Gasteiger partial charge in [0.2, 0.25) is 5.91 Å². The van der Waals surface area contributed by atoms with Crippen LogP contribution in [0.25, 0.3) is 10.9 Å². The van der Waals surface area contributed by atoms with Crippen LogP contribution in [0, 0.1) is 6.92 Å². The molecule has 3 aromatic rings. The second-order valence-electron chi connectivity index (χ2n) is 5.17. The summed E-state index contributed by atoms with van der Waals surface area (Å²) in [5, 5.41) is 10.8. The number of amides is 1. The second-order valence-corrected chi connectivity index (χ2v) is 5.17. The normalized spacial score (nSPS) is 10.9. The van der Waals surface area contributed by atoms with Crippen molar-refractivity contribution in [2.75, 3.05) is 5.32 Å². The van der Waals surface area contributed by atoms with Crippen molar-refractivity contribution < 1.29 is 4.79 Å². The SMILES string of the molecule is Cc1[nH]ncc1NC(=O)CCCc1c[nH]c2ccccc12. The summed E-state index contributed by atoms with van der Waals surface area (Å²) in [6.07, 6.45) is 5.88. The zero-order valence-electron chi connectivity index (χ0n) is 11.9. The van der Waals surface area contributed by atoms with Crippen LogP contribution in [-0.4, -0.2) is 21.1 Å². The molecule has 0 aliphatic carbocycles. The molecule has 0 bridgehead atoms. The minimum Gasteiger partial charge on any atom is -0.361 e. The topological polar surface area (TPSA) is 73.6 Å². The fraction of sp³-hybridized carbons (Fsp3) is 0.250. The number of hydrogen-bond donors (Lipinski definition) is 3. The van der Waals surface area contributed by atoms with E-state index in [1.54, 1.807) is 6.20 Å². The smallest absolute Gasteiger partial charge is 0.224 e. The molecule has 0 aliphatic heterocycles. The van der Waals surface area contributed by atoms with E-state index < -0.39 is 0 Å². The van der Waals surface area contributed by atoms with Gasteiger partial charge in [0.05, 0.1) is 17.6 Å². The van der Waals surface area contributed by atoms with E-state index in [-0.39, 0.29) is 5.91 Å². The first-order valence-electron chi connectivity index (χ1n) is 7.09. The van der Waals surface area contributed by atoms with Gasteiger partial charge in [0, 0.05) is 23.5 Å². The summed E-state index contributed by atoms with van der Waals surface area (Å²) in [5.74, 6) is 0.0272. The molecule has 0 aliphatic rings. The summed E-state index contributed by atoms with van der Waals surface area (Å²) in [6.45, 7) is 1.88. The molecule has 108 valence electrons. The van der Waals surface area contributed by atoms with Crippen LogP contribution in [0.3, 0.4) is 0 Å². The Morgan fingerprint density at radius 1 is 1.33 bits per heavy atom. The van der Waals surface area contributed by atoms with Crippen LogP contribution in [0.5, 0.6) is 0 Å². The lowest BCUT2D eigenvalue weighted by Crippen LogP contribution is -2.11. The molecule has 5 nitrogen and oxygen atoms in total. The number of hydrogen-bond acceptors (Lipinski definition) is 2. The lowest BCUT2D eigenvalue weighted by molar-refractivity contribution is -0.116. The maximum Gasteiger partial charge on any atom is 0.224 e.